The van der Waals surface area contributed by atoms with Crippen molar-refractivity contribution in [3.63, 3.8) is 0 Å². The second-order valence-corrected chi connectivity index (χ2v) is 5.83. The third kappa shape index (κ3) is 3.51. The average Bonchev–Trinajstić information content (AvgIpc) is 2.65. The predicted molar refractivity (Wildman–Crippen MR) is 93.4 cm³/mol. The highest BCUT2D eigenvalue weighted by molar-refractivity contribution is 5.95. The second kappa shape index (κ2) is 7.26. The minimum atomic E-state index is -1.23. The number of rotatable bonds is 4. The monoisotopic (exact) mass is 354 g/mol. The molecule has 7 nitrogen and oxygen atoms in total. The molecule has 0 fully saturated rings. The number of fused-ring (bicyclic) bond motifs is 1. The summed E-state index contributed by atoms with van der Waals surface area (Å²) < 4.78 is 11.0. The van der Waals surface area contributed by atoms with E-state index < -0.39 is 24.1 Å². The van der Waals surface area contributed by atoms with Crippen LogP contribution in [0.4, 0.5) is 5.69 Å². The predicted octanol–water partition coefficient (Wildman–Crippen LogP) is 1.57. The van der Waals surface area contributed by atoms with Gasteiger partial charge >= 0.3 is 5.97 Å². The molecule has 26 heavy (non-hydrogen) atoms. The molecule has 0 bridgehead atoms. The number of amides is 2. The molecule has 0 spiro atoms. The van der Waals surface area contributed by atoms with Crippen LogP contribution in [0.25, 0.3) is 0 Å². The van der Waals surface area contributed by atoms with Gasteiger partial charge in [-0.05, 0) is 12.1 Å². The van der Waals surface area contributed by atoms with Gasteiger partial charge in [-0.2, -0.15) is 0 Å². The lowest BCUT2D eigenvalue weighted by molar-refractivity contribution is -0.162. The molecule has 2 aromatic rings. The summed E-state index contributed by atoms with van der Waals surface area (Å²) in [7, 11) is 0. The van der Waals surface area contributed by atoms with Gasteiger partial charge in [0.15, 0.2) is 0 Å². The smallest absolute Gasteiger partial charge is 0.350 e. The Bertz CT molecular complexity index is 837. The van der Waals surface area contributed by atoms with Crippen molar-refractivity contribution in [2.24, 2.45) is 5.73 Å². The highest BCUT2D eigenvalue weighted by Gasteiger charge is 2.35. The van der Waals surface area contributed by atoms with Gasteiger partial charge in [0.2, 0.25) is 18.1 Å². The molecule has 2 atom stereocenters. The largest absolute Gasteiger partial charge is 0.475 e. The Hall–Kier alpha value is -3.35. The van der Waals surface area contributed by atoms with E-state index in [1.165, 1.54) is 11.8 Å². The highest BCUT2D eigenvalue weighted by atomic mass is 16.6. The molecule has 0 radical (unpaired) electrons. The van der Waals surface area contributed by atoms with Crippen LogP contribution < -0.4 is 15.4 Å². The summed E-state index contributed by atoms with van der Waals surface area (Å²) in [5.74, 6) is -1.39. The number of hydrogen-bond acceptors (Lipinski definition) is 5. The average molecular weight is 354 g/mol. The Morgan fingerprint density at radius 3 is 2.42 bits per heavy atom. The van der Waals surface area contributed by atoms with E-state index in [0.29, 0.717) is 17.0 Å². The Morgan fingerprint density at radius 1 is 1.12 bits per heavy atom. The first-order chi connectivity index (χ1) is 12.5. The van der Waals surface area contributed by atoms with Crippen molar-refractivity contribution in [3.05, 3.63) is 60.2 Å². The fraction of sp³-hybridized carbons (Fsp3) is 0.211. The zero-order chi connectivity index (χ0) is 18.7. The number of carbonyl (C=O) groups is 3. The summed E-state index contributed by atoms with van der Waals surface area (Å²) >= 11 is 0. The molecule has 0 saturated heterocycles. The van der Waals surface area contributed by atoms with Crippen molar-refractivity contribution < 1.29 is 23.9 Å². The van der Waals surface area contributed by atoms with Gasteiger partial charge in [0, 0.05) is 12.5 Å². The topological polar surface area (TPSA) is 98.9 Å². The molecule has 1 aliphatic rings. The van der Waals surface area contributed by atoms with Crippen LogP contribution in [0.15, 0.2) is 54.6 Å². The maximum absolute atomic E-state index is 12.6. The fourth-order valence-electron chi connectivity index (χ4n) is 2.77. The third-order valence-corrected chi connectivity index (χ3v) is 4.01. The van der Waals surface area contributed by atoms with Crippen LogP contribution in [0.1, 0.15) is 18.6 Å². The lowest BCUT2D eigenvalue weighted by atomic mass is 10.1. The molecule has 7 heteroatoms. The Balaban J connectivity index is 1.81. The fourth-order valence-corrected chi connectivity index (χ4v) is 2.77. The van der Waals surface area contributed by atoms with Gasteiger partial charge in [0.1, 0.15) is 5.75 Å². The van der Waals surface area contributed by atoms with E-state index in [1.807, 2.05) is 0 Å². The molecule has 134 valence electrons. The molecule has 1 aliphatic heterocycles. The Morgan fingerprint density at radius 2 is 1.77 bits per heavy atom. The number of benzene rings is 2. The summed E-state index contributed by atoms with van der Waals surface area (Å²) in [6, 6.07) is 15.4. The molecule has 0 saturated carbocycles. The first-order valence-corrected chi connectivity index (χ1v) is 8.06. The molecular formula is C19H18N2O5. The van der Waals surface area contributed by atoms with E-state index in [2.05, 4.69) is 0 Å². The zero-order valence-electron chi connectivity index (χ0n) is 14.1. The van der Waals surface area contributed by atoms with E-state index in [4.69, 9.17) is 15.2 Å². The number of anilines is 1. The maximum atomic E-state index is 12.6. The van der Waals surface area contributed by atoms with Crippen molar-refractivity contribution >= 4 is 23.5 Å². The van der Waals surface area contributed by atoms with Crippen LogP contribution in [-0.2, 0) is 19.1 Å². The lowest BCUT2D eigenvalue weighted by Gasteiger charge is -2.33. The molecule has 2 aromatic carbocycles. The van der Waals surface area contributed by atoms with E-state index in [9.17, 15) is 14.4 Å². The van der Waals surface area contributed by atoms with Crippen LogP contribution in [0.3, 0.4) is 0 Å². The van der Waals surface area contributed by atoms with Crippen molar-refractivity contribution in [3.8, 4) is 5.75 Å². The molecule has 3 rings (SSSR count). The summed E-state index contributed by atoms with van der Waals surface area (Å²) in [5, 5.41) is 0. The third-order valence-electron chi connectivity index (χ3n) is 4.01. The summed E-state index contributed by atoms with van der Waals surface area (Å²) in [4.78, 5) is 37.7. The molecule has 2 N–H and O–H groups in total. The number of hydrogen-bond donors (Lipinski definition) is 1. The van der Waals surface area contributed by atoms with Crippen molar-refractivity contribution in [1.29, 1.82) is 0 Å². The van der Waals surface area contributed by atoms with Gasteiger partial charge in [-0.3, -0.25) is 9.59 Å². The SMILES string of the molecule is CC(=O)N1C[C@H](C(=O)O[C@H](C(N)=O)c2ccccc2)Oc2ccccc21. The Kier molecular flexibility index (Phi) is 4.88. The normalized spacial score (nSPS) is 16.8. The van der Waals surface area contributed by atoms with Gasteiger partial charge in [-0.15, -0.1) is 0 Å². The molecule has 0 aliphatic carbocycles. The number of carbonyl (C=O) groups excluding carboxylic acids is 3. The van der Waals surface area contributed by atoms with E-state index >= 15 is 0 Å². The minimum absolute atomic E-state index is 0.00848. The zero-order valence-corrected chi connectivity index (χ0v) is 14.1. The van der Waals surface area contributed by atoms with E-state index in [1.54, 1.807) is 54.6 Å². The first-order valence-electron chi connectivity index (χ1n) is 8.06. The van der Waals surface area contributed by atoms with Crippen LogP contribution in [0.5, 0.6) is 5.75 Å². The van der Waals surface area contributed by atoms with Crippen LogP contribution >= 0.6 is 0 Å². The number of nitrogens with zero attached hydrogens (tertiary/aromatic N) is 1. The lowest BCUT2D eigenvalue weighted by Crippen LogP contribution is -2.47. The quantitative estimate of drug-likeness (QED) is 0.840. The van der Waals surface area contributed by atoms with Crippen LogP contribution in [0, 0.1) is 0 Å². The Labute approximate surface area is 150 Å². The first kappa shape index (κ1) is 17.5. The number of para-hydroxylation sites is 2. The molecular weight excluding hydrogens is 336 g/mol. The van der Waals surface area contributed by atoms with Gasteiger partial charge < -0.3 is 20.1 Å². The standard InChI is InChI=1S/C19H18N2O5/c1-12(22)21-11-16(25-15-10-6-5-9-14(15)21)19(24)26-17(18(20)23)13-7-3-2-4-8-13/h2-10,16-17H,11H2,1H3,(H2,20,23)/t16-,17+/m1/s1. The van der Waals surface area contributed by atoms with E-state index in [-0.39, 0.29) is 12.5 Å². The molecule has 1 heterocycles. The second-order valence-electron chi connectivity index (χ2n) is 5.83. The molecule has 2 amide bonds. The summed E-state index contributed by atoms with van der Waals surface area (Å²) in [6.07, 6.45) is -2.28. The van der Waals surface area contributed by atoms with Gasteiger partial charge in [0.25, 0.3) is 5.91 Å². The summed E-state index contributed by atoms with van der Waals surface area (Å²) in [6.45, 7) is 1.39. The highest BCUT2D eigenvalue weighted by Crippen LogP contribution is 2.33. The van der Waals surface area contributed by atoms with Crippen molar-refractivity contribution in [1.82, 2.24) is 0 Å². The maximum Gasteiger partial charge on any atom is 0.350 e. The number of ether oxygens (including phenoxy) is 2. The van der Waals surface area contributed by atoms with Gasteiger partial charge in [-0.1, -0.05) is 42.5 Å². The van der Waals surface area contributed by atoms with Crippen molar-refractivity contribution in [2.45, 2.75) is 19.1 Å². The van der Waals surface area contributed by atoms with Crippen LogP contribution in [-0.4, -0.2) is 30.4 Å². The number of nitrogens with two attached hydrogens (primary N) is 1. The minimum Gasteiger partial charge on any atom is -0.475 e. The van der Waals surface area contributed by atoms with Gasteiger partial charge in [0.05, 0.1) is 12.2 Å². The van der Waals surface area contributed by atoms with E-state index in [0.717, 1.165) is 0 Å². The molecule has 0 aromatic heterocycles. The molecule has 0 unspecified atom stereocenters. The van der Waals surface area contributed by atoms with Crippen molar-refractivity contribution in [2.75, 3.05) is 11.4 Å². The van der Waals surface area contributed by atoms with Crippen LogP contribution in [0.2, 0.25) is 0 Å². The number of primary amides is 1. The summed E-state index contributed by atoms with van der Waals surface area (Å²) in [5.41, 5.74) is 6.42. The van der Waals surface area contributed by atoms with Gasteiger partial charge in [-0.25, -0.2) is 4.79 Å². The number of esters is 1.